The Kier molecular flexibility index (Phi) is 5.05. The molecule has 0 fully saturated rings. The van der Waals surface area contributed by atoms with Crippen LogP contribution in [0, 0.1) is 11.3 Å². The minimum Gasteiger partial charge on any atom is -0.493 e. The Morgan fingerprint density at radius 3 is 1.82 bits per heavy atom. The van der Waals surface area contributed by atoms with Crippen molar-refractivity contribution in [2.24, 2.45) is 0 Å². The van der Waals surface area contributed by atoms with Gasteiger partial charge in [0.1, 0.15) is 0 Å². The fourth-order valence-corrected chi connectivity index (χ4v) is 2.06. The molecule has 0 atom stereocenters. The van der Waals surface area contributed by atoms with Gasteiger partial charge in [-0.2, -0.15) is 5.26 Å². The number of hydrogen-bond acceptors (Lipinski definition) is 4. The van der Waals surface area contributed by atoms with Crippen LogP contribution in [0.25, 0.3) is 12.2 Å². The number of rotatable bonds is 5. The Balaban J connectivity index is 2.32. The zero-order chi connectivity index (χ0) is 15.9. The summed E-state index contributed by atoms with van der Waals surface area (Å²) in [5, 5.41) is 8.79. The van der Waals surface area contributed by atoms with Crippen LogP contribution in [0.2, 0.25) is 0 Å². The van der Waals surface area contributed by atoms with Crippen LogP contribution < -0.4 is 14.2 Å². The Morgan fingerprint density at radius 2 is 1.36 bits per heavy atom. The summed E-state index contributed by atoms with van der Waals surface area (Å²) in [6.45, 7) is 0. The fourth-order valence-electron chi connectivity index (χ4n) is 2.06. The molecule has 0 aliphatic rings. The average Bonchev–Trinajstić information content (AvgIpc) is 2.59. The standard InChI is InChI=1S/C18H17NO3/c1-20-16-10-15(11-17(21-2)18(16)22-3)9-6-13-4-7-14(12-19)8-5-13/h4-11H,1-3H3/b9-6-. The number of benzene rings is 2. The smallest absolute Gasteiger partial charge is 0.203 e. The Bertz CT molecular complexity index is 687. The summed E-state index contributed by atoms with van der Waals surface area (Å²) in [7, 11) is 4.75. The second kappa shape index (κ2) is 7.19. The van der Waals surface area contributed by atoms with Crippen molar-refractivity contribution in [1.82, 2.24) is 0 Å². The van der Waals surface area contributed by atoms with E-state index in [9.17, 15) is 0 Å². The van der Waals surface area contributed by atoms with Crippen molar-refractivity contribution in [3.8, 4) is 23.3 Å². The molecule has 0 aromatic heterocycles. The summed E-state index contributed by atoms with van der Waals surface area (Å²) in [5.41, 5.74) is 2.58. The first-order valence-corrected chi connectivity index (χ1v) is 6.70. The molecule has 22 heavy (non-hydrogen) atoms. The van der Waals surface area contributed by atoms with Crippen LogP contribution in [0.3, 0.4) is 0 Å². The molecule has 2 aromatic carbocycles. The molecule has 0 heterocycles. The molecule has 0 aliphatic heterocycles. The van der Waals surface area contributed by atoms with Gasteiger partial charge in [0.2, 0.25) is 5.75 Å². The predicted molar refractivity (Wildman–Crippen MR) is 86.2 cm³/mol. The first kappa shape index (κ1) is 15.5. The van der Waals surface area contributed by atoms with E-state index >= 15 is 0 Å². The molecule has 2 rings (SSSR count). The van der Waals surface area contributed by atoms with Crippen LogP contribution in [0.1, 0.15) is 16.7 Å². The van der Waals surface area contributed by atoms with Gasteiger partial charge in [-0.25, -0.2) is 0 Å². The third-order valence-corrected chi connectivity index (χ3v) is 3.20. The van der Waals surface area contributed by atoms with Crippen molar-refractivity contribution < 1.29 is 14.2 Å². The van der Waals surface area contributed by atoms with E-state index in [4.69, 9.17) is 19.5 Å². The van der Waals surface area contributed by atoms with E-state index in [0.29, 0.717) is 22.8 Å². The second-order valence-corrected chi connectivity index (χ2v) is 4.53. The van der Waals surface area contributed by atoms with Gasteiger partial charge >= 0.3 is 0 Å². The molecule has 0 bridgehead atoms. The molecule has 2 aromatic rings. The van der Waals surface area contributed by atoms with Gasteiger partial charge in [-0.1, -0.05) is 24.3 Å². The highest BCUT2D eigenvalue weighted by atomic mass is 16.5. The lowest BCUT2D eigenvalue weighted by molar-refractivity contribution is 0.324. The quantitative estimate of drug-likeness (QED) is 0.788. The van der Waals surface area contributed by atoms with E-state index in [1.165, 1.54) is 0 Å². The van der Waals surface area contributed by atoms with Gasteiger partial charge in [0.05, 0.1) is 33.0 Å². The van der Waals surface area contributed by atoms with Crippen LogP contribution in [-0.4, -0.2) is 21.3 Å². The normalized spacial score (nSPS) is 10.3. The Morgan fingerprint density at radius 1 is 0.818 bits per heavy atom. The van der Waals surface area contributed by atoms with E-state index in [1.54, 1.807) is 33.5 Å². The van der Waals surface area contributed by atoms with Gasteiger partial charge in [-0.3, -0.25) is 0 Å². The van der Waals surface area contributed by atoms with Crippen LogP contribution in [0.4, 0.5) is 0 Å². The summed E-state index contributed by atoms with van der Waals surface area (Å²) in [6, 6.07) is 13.2. The van der Waals surface area contributed by atoms with E-state index in [2.05, 4.69) is 6.07 Å². The van der Waals surface area contributed by atoms with Gasteiger partial charge in [0, 0.05) is 0 Å². The Labute approximate surface area is 130 Å². The summed E-state index contributed by atoms with van der Waals surface area (Å²) in [4.78, 5) is 0. The molecule has 4 nitrogen and oxygen atoms in total. The van der Waals surface area contributed by atoms with Crippen molar-refractivity contribution in [1.29, 1.82) is 5.26 Å². The van der Waals surface area contributed by atoms with Gasteiger partial charge in [0.25, 0.3) is 0 Å². The highest BCUT2D eigenvalue weighted by Gasteiger charge is 2.11. The molecule has 0 unspecified atom stereocenters. The molecule has 4 heteroatoms. The lowest BCUT2D eigenvalue weighted by Crippen LogP contribution is -1.95. The highest BCUT2D eigenvalue weighted by molar-refractivity contribution is 5.72. The number of nitriles is 1. The van der Waals surface area contributed by atoms with Crippen molar-refractivity contribution in [2.75, 3.05) is 21.3 Å². The molecule has 0 aliphatic carbocycles. The molecule has 0 N–H and O–H groups in total. The maximum atomic E-state index is 8.79. The fraction of sp³-hybridized carbons (Fsp3) is 0.167. The van der Waals surface area contributed by atoms with Crippen molar-refractivity contribution in [2.45, 2.75) is 0 Å². The maximum absolute atomic E-state index is 8.79. The number of methoxy groups -OCH3 is 3. The molecular formula is C18H17NO3. The highest BCUT2D eigenvalue weighted by Crippen LogP contribution is 2.38. The molecular weight excluding hydrogens is 278 g/mol. The average molecular weight is 295 g/mol. The monoisotopic (exact) mass is 295 g/mol. The van der Waals surface area contributed by atoms with Gasteiger partial charge in [-0.15, -0.1) is 0 Å². The van der Waals surface area contributed by atoms with E-state index in [-0.39, 0.29) is 0 Å². The zero-order valence-electron chi connectivity index (χ0n) is 12.8. The number of ether oxygens (including phenoxy) is 3. The largest absolute Gasteiger partial charge is 0.493 e. The topological polar surface area (TPSA) is 51.5 Å². The van der Waals surface area contributed by atoms with E-state index in [1.807, 2.05) is 36.4 Å². The summed E-state index contributed by atoms with van der Waals surface area (Å²) < 4.78 is 16.0. The van der Waals surface area contributed by atoms with Crippen LogP contribution in [0.15, 0.2) is 36.4 Å². The van der Waals surface area contributed by atoms with Gasteiger partial charge < -0.3 is 14.2 Å². The third-order valence-electron chi connectivity index (χ3n) is 3.20. The molecule has 112 valence electrons. The molecule has 0 radical (unpaired) electrons. The second-order valence-electron chi connectivity index (χ2n) is 4.53. The number of nitrogens with zero attached hydrogens (tertiary/aromatic N) is 1. The van der Waals surface area contributed by atoms with Crippen molar-refractivity contribution >= 4 is 12.2 Å². The van der Waals surface area contributed by atoms with E-state index in [0.717, 1.165) is 11.1 Å². The lowest BCUT2D eigenvalue weighted by atomic mass is 10.1. The molecule has 0 saturated heterocycles. The molecule has 0 spiro atoms. The van der Waals surface area contributed by atoms with Crippen LogP contribution >= 0.6 is 0 Å². The minimum absolute atomic E-state index is 0.570. The first-order valence-electron chi connectivity index (χ1n) is 6.70. The molecule has 0 saturated carbocycles. The number of hydrogen-bond donors (Lipinski definition) is 0. The predicted octanol–water partition coefficient (Wildman–Crippen LogP) is 3.75. The summed E-state index contributed by atoms with van der Waals surface area (Å²) in [5.74, 6) is 1.79. The Hall–Kier alpha value is -2.93. The van der Waals surface area contributed by atoms with Gasteiger partial charge in [-0.05, 0) is 35.4 Å². The third kappa shape index (κ3) is 3.39. The van der Waals surface area contributed by atoms with Crippen LogP contribution in [0.5, 0.6) is 17.2 Å². The first-order chi connectivity index (χ1) is 10.7. The zero-order valence-corrected chi connectivity index (χ0v) is 12.8. The maximum Gasteiger partial charge on any atom is 0.203 e. The van der Waals surface area contributed by atoms with Crippen LogP contribution in [-0.2, 0) is 0 Å². The SMILES string of the molecule is COc1cc(/C=C\c2ccc(C#N)cc2)cc(OC)c1OC. The lowest BCUT2D eigenvalue weighted by Gasteiger charge is -2.12. The van der Waals surface area contributed by atoms with Crippen molar-refractivity contribution in [3.63, 3.8) is 0 Å². The molecule has 0 amide bonds. The van der Waals surface area contributed by atoms with Gasteiger partial charge in [0.15, 0.2) is 11.5 Å². The summed E-state index contributed by atoms with van der Waals surface area (Å²) in [6.07, 6.45) is 3.91. The minimum atomic E-state index is 0.570. The van der Waals surface area contributed by atoms with Crippen molar-refractivity contribution in [3.05, 3.63) is 53.1 Å². The summed E-state index contributed by atoms with van der Waals surface area (Å²) >= 11 is 0. The van der Waals surface area contributed by atoms with E-state index < -0.39 is 0 Å².